The Morgan fingerprint density at radius 2 is 2.00 bits per heavy atom. The van der Waals surface area contributed by atoms with Gasteiger partial charge in [0.1, 0.15) is 5.52 Å². The first-order valence-electron chi connectivity index (χ1n) is 7.14. The number of carbonyl (C=O) groups excluding carboxylic acids is 1. The second-order valence-corrected chi connectivity index (χ2v) is 6.20. The third-order valence-electron chi connectivity index (χ3n) is 3.55. The van der Waals surface area contributed by atoms with Crippen molar-refractivity contribution >= 4 is 16.9 Å². The second-order valence-electron chi connectivity index (χ2n) is 6.20. The average molecular weight is 286 g/mol. The van der Waals surface area contributed by atoms with Gasteiger partial charge >= 0.3 is 0 Å². The standard InChI is InChI=1S/C16H22N4O/c1-16(2,3)13(7-8-17)20-15(21)11-5-4-6-12-14(11)19-10-9-18-12/h4-6,9-10,13H,7-8,17H2,1-3H3,(H,20,21). The molecule has 0 saturated heterocycles. The minimum Gasteiger partial charge on any atom is -0.349 e. The fourth-order valence-corrected chi connectivity index (χ4v) is 2.30. The van der Waals surface area contributed by atoms with Crippen LogP contribution in [0.5, 0.6) is 0 Å². The van der Waals surface area contributed by atoms with E-state index in [4.69, 9.17) is 5.73 Å². The molecule has 112 valence electrons. The molecule has 0 saturated carbocycles. The van der Waals surface area contributed by atoms with E-state index in [-0.39, 0.29) is 17.4 Å². The van der Waals surface area contributed by atoms with E-state index in [1.165, 1.54) is 0 Å². The molecule has 2 aromatic rings. The number of hydrogen-bond donors (Lipinski definition) is 2. The van der Waals surface area contributed by atoms with Crippen LogP contribution in [-0.4, -0.2) is 28.5 Å². The van der Waals surface area contributed by atoms with Gasteiger partial charge in [0.15, 0.2) is 0 Å². The molecule has 3 N–H and O–H groups in total. The van der Waals surface area contributed by atoms with Gasteiger partial charge in [-0.3, -0.25) is 14.8 Å². The van der Waals surface area contributed by atoms with Crippen LogP contribution in [0, 0.1) is 5.41 Å². The Morgan fingerprint density at radius 1 is 1.29 bits per heavy atom. The van der Waals surface area contributed by atoms with Crippen molar-refractivity contribution in [3.05, 3.63) is 36.2 Å². The van der Waals surface area contributed by atoms with Gasteiger partial charge in [-0.1, -0.05) is 26.8 Å². The van der Waals surface area contributed by atoms with E-state index in [0.717, 1.165) is 11.9 Å². The van der Waals surface area contributed by atoms with Crippen molar-refractivity contribution in [2.45, 2.75) is 33.2 Å². The molecule has 2 rings (SSSR count). The van der Waals surface area contributed by atoms with E-state index in [9.17, 15) is 4.79 Å². The predicted molar refractivity (Wildman–Crippen MR) is 83.9 cm³/mol. The molecule has 1 aromatic carbocycles. The zero-order valence-corrected chi connectivity index (χ0v) is 12.8. The van der Waals surface area contributed by atoms with Crippen molar-refractivity contribution in [1.29, 1.82) is 0 Å². The van der Waals surface area contributed by atoms with Gasteiger partial charge in [0.2, 0.25) is 0 Å². The highest BCUT2D eigenvalue weighted by atomic mass is 16.1. The summed E-state index contributed by atoms with van der Waals surface area (Å²) in [5.74, 6) is -0.130. The maximum Gasteiger partial charge on any atom is 0.253 e. The number of para-hydroxylation sites is 1. The number of nitrogens with zero attached hydrogens (tertiary/aromatic N) is 2. The molecular formula is C16H22N4O. The Hall–Kier alpha value is -2.01. The molecule has 0 aliphatic carbocycles. The monoisotopic (exact) mass is 286 g/mol. The summed E-state index contributed by atoms with van der Waals surface area (Å²) in [7, 11) is 0. The molecule has 1 amide bonds. The lowest BCUT2D eigenvalue weighted by Crippen LogP contribution is -2.45. The van der Waals surface area contributed by atoms with Crippen LogP contribution in [0.15, 0.2) is 30.6 Å². The summed E-state index contributed by atoms with van der Waals surface area (Å²) in [6.45, 7) is 6.82. The van der Waals surface area contributed by atoms with E-state index >= 15 is 0 Å². The first kappa shape index (κ1) is 15.4. The van der Waals surface area contributed by atoms with Crippen molar-refractivity contribution < 1.29 is 4.79 Å². The minimum atomic E-state index is -0.130. The van der Waals surface area contributed by atoms with Crippen LogP contribution in [-0.2, 0) is 0 Å². The number of nitrogens with one attached hydrogen (secondary N) is 1. The normalized spacial score (nSPS) is 13.1. The first-order chi connectivity index (χ1) is 9.93. The molecule has 0 radical (unpaired) electrons. The SMILES string of the molecule is CC(C)(C)C(CCN)NC(=O)c1cccc2nccnc12. The maximum absolute atomic E-state index is 12.6. The lowest BCUT2D eigenvalue weighted by Gasteiger charge is -2.31. The Morgan fingerprint density at radius 3 is 2.67 bits per heavy atom. The van der Waals surface area contributed by atoms with Gasteiger partial charge in [-0.2, -0.15) is 0 Å². The Bertz CT molecular complexity index is 628. The fraction of sp³-hybridized carbons (Fsp3) is 0.438. The van der Waals surface area contributed by atoms with Crippen LogP contribution >= 0.6 is 0 Å². The molecular weight excluding hydrogens is 264 g/mol. The van der Waals surface area contributed by atoms with Crippen molar-refractivity contribution in [2.24, 2.45) is 11.1 Å². The average Bonchev–Trinajstić information content (AvgIpc) is 2.45. The molecule has 1 atom stereocenters. The number of rotatable bonds is 4. The van der Waals surface area contributed by atoms with Gasteiger partial charge in [0.05, 0.1) is 11.1 Å². The zero-order valence-electron chi connectivity index (χ0n) is 12.8. The van der Waals surface area contributed by atoms with Crippen molar-refractivity contribution in [2.75, 3.05) is 6.54 Å². The molecule has 1 aromatic heterocycles. The summed E-state index contributed by atoms with van der Waals surface area (Å²) in [6, 6.07) is 5.46. The molecule has 0 fully saturated rings. The predicted octanol–water partition coefficient (Wildman–Crippen LogP) is 2.12. The lowest BCUT2D eigenvalue weighted by molar-refractivity contribution is 0.0900. The van der Waals surface area contributed by atoms with E-state index in [0.29, 0.717) is 17.6 Å². The lowest BCUT2D eigenvalue weighted by atomic mass is 9.84. The van der Waals surface area contributed by atoms with Gasteiger partial charge in [-0.15, -0.1) is 0 Å². The summed E-state index contributed by atoms with van der Waals surface area (Å²) in [5.41, 5.74) is 7.50. The van der Waals surface area contributed by atoms with Crippen molar-refractivity contribution in [3.63, 3.8) is 0 Å². The summed E-state index contributed by atoms with van der Waals surface area (Å²) >= 11 is 0. The third kappa shape index (κ3) is 3.55. The Balaban J connectivity index is 2.30. The highest BCUT2D eigenvalue weighted by molar-refractivity contribution is 6.04. The van der Waals surface area contributed by atoms with E-state index in [1.54, 1.807) is 18.5 Å². The number of aromatic nitrogens is 2. The third-order valence-corrected chi connectivity index (χ3v) is 3.55. The smallest absolute Gasteiger partial charge is 0.253 e. The van der Waals surface area contributed by atoms with Crippen molar-refractivity contribution in [1.82, 2.24) is 15.3 Å². The summed E-state index contributed by atoms with van der Waals surface area (Å²) in [4.78, 5) is 21.1. The molecule has 0 spiro atoms. The summed E-state index contributed by atoms with van der Waals surface area (Å²) in [6.07, 6.45) is 3.96. The summed E-state index contributed by atoms with van der Waals surface area (Å²) in [5, 5.41) is 3.08. The molecule has 5 heteroatoms. The van der Waals surface area contributed by atoms with Crippen molar-refractivity contribution in [3.8, 4) is 0 Å². The summed E-state index contributed by atoms with van der Waals surface area (Å²) < 4.78 is 0. The molecule has 1 heterocycles. The highest BCUT2D eigenvalue weighted by Gasteiger charge is 2.26. The van der Waals surface area contributed by atoms with Crippen LogP contribution in [0.1, 0.15) is 37.6 Å². The second kappa shape index (κ2) is 6.18. The van der Waals surface area contributed by atoms with Crippen LogP contribution in [0.25, 0.3) is 11.0 Å². The fourth-order valence-electron chi connectivity index (χ4n) is 2.30. The number of benzene rings is 1. The van der Waals surface area contributed by atoms with Gasteiger partial charge < -0.3 is 11.1 Å². The molecule has 0 aliphatic heterocycles. The van der Waals surface area contributed by atoms with Crippen LogP contribution in [0.2, 0.25) is 0 Å². The van der Waals surface area contributed by atoms with Crippen LogP contribution in [0.4, 0.5) is 0 Å². The van der Waals surface area contributed by atoms with E-state index < -0.39 is 0 Å². The molecule has 21 heavy (non-hydrogen) atoms. The highest BCUT2D eigenvalue weighted by Crippen LogP contribution is 2.22. The van der Waals surface area contributed by atoms with Gasteiger partial charge in [0, 0.05) is 18.4 Å². The Labute approximate surface area is 125 Å². The number of amides is 1. The molecule has 1 unspecified atom stereocenters. The van der Waals surface area contributed by atoms with Crippen LogP contribution in [0.3, 0.4) is 0 Å². The van der Waals surface area contributed by atoms with Gasteiger partial charge in [-0.25, -0.2) is 0 Å². The topological polar surface area (TPSA) is 80.9 Å². The molecule has 5 nitrogen and oxygen atoms in total. The van der Waals surface area contributed by atoms with E-state index in [1.807, 2.05) is 12.1 Å². The first-order valence-corrected chi connectivity index (χ1v) is 7.14. The molecule has 0 aliphatic rings. The Kier molecular flexibility index (Phi) is 4.53. The minimum absolute atomic E-state index is 0.0157. The van der Waals surface area contributed by atoms with Gasteiger partial charge in [0.25, 0.3) is 5.91 Å². The quantitative estimate of drug-likeness (QED) is 0.902. The maximum atomic E-state index is 12.6. The number of carbonyl (C=O) groups is 1. The zero-order chi connectivity index (χ0) is 15.5. The number of nitrogens with two attached hydrogens (primary N) is 1. The van der Waals surface area contributed by atoms with Gasteiger partial charge in [-0.05, 0) is 30.5 Å². The number of fused-ring (bicyclic) bond motifs is 1. The van der Waals surface area contributed by atoms with Crippen LogP contribution < -0.4 is 11.1 Å². The number of hydrogen-bond acceptors (Lipinski definition) is 4. The largest absolute Gasteiger partial charge is 0.349 e. The van der Waals surface area contributed by atoms with E-state index in [2.05, 4.69) is 36.1 Å². The molecule has 0 bridgehead atoms.